The van der Waals surface area contributed by atoms with Crippen LogP contribution >= 0.6 is 24.0 Å². The second-order valence-corrected chi connectivity index (χ2v) is 10.3. The highest BCUT2D eigenvalue weighted by Gasteiger charge is 2.23. The molecule has 0 aromatic heterocycles. The van der Waals surface area contributed by atoms with Crippen molar-refractivity contribution in [2.75, 3.05) is 56.2 Å². The van der Waals surface area contributed by atoms with E-state index in [1.54, 1.807) is 0 Å². The molecule has 1 saturated heterocycles. The Labute approximate surface area is 187 Å². The number of halogens is 1. The Bertz CT molecular complexity index is 715. The molecule has 1 aliphatic rings. The van der Waals surface area contributed by atoms with Crippen molar-refractivity contribution in [3.05, 3.63) is 30.3 Å². The highest BCUT2D eigenvalue weighted by Crippen LogP contribution is 2.22. The molecular formula is C20H35IN4O2S. The van der Waals surface area contributed by atoms with Crippen LogP contribution in [0.1, 0.15) is 27.2 Å². The number of hydrogen-bond acceptors (Lipinski definition) is 4. The molecule has 1 aliphatic heterocycles. The molecule has 0 saturated carbocycles. The molecule has 0 aliphatic carbocycles. The monoisotopic (exact) mass is 522 g/mol. The second kappa shape index (κ2) is 11.2. The normalized spacial score (nSPS) is 15.9. The van der Waals surface area contributed by atoms with Crippen molar-refractivity contribution < 1.29 is 8.42 Å². The molecule has 1 aromatic rings. The van der Waals surface area contributed by atoms with Crippen LogP contribution in [-0.2, 0) is 9.84 Å². The number of para-hydroxylation sites is 1. The van der Waals surface area contributed by atoms with E-state index in [1.165, 1.54) is 11.9 Å². The van der Waals surface area contributed by atoms with Crippen LogP contribution in [0.15, 0.2) is 35.3 Å². The zero-order valence-electron chi connectivity index (χ0n) is 17.5. The van der Waals surface area contributed by atoms with Gasteiger partial charge >= 0.3 is 0 Å². The number of sulfone groups is 1. The third-order valence-electron chi connectivity index (χ3n) is 4.84. The van der Waals surface area contributed by atoms with Crippen LogP contribution in [-0.4, -0.2) is 70.6 Å². The number of hydrogen-bond donors (Lipinski definition) is 1. The summed E-state index contributed by atoms with van der Waals surface area (Å²) in [5.74, 6) is 1.14. The van der Waals surface area contributed by atoms with Gasteiger partial charge in [0, 0.05) is 51.2 Å². The summed E-state index contributed by atoms with van der Waals surface area (Å²) in [6, 6.07) is 10.5. The quantitative estimate of drug-likeness (QED) is 0.339. The lowest BCUT2D eigenvalue weighted by molar-refractivity contribution is 0.348. The molecule has 8 heteroatoms. The summed E-state index contributed by atoms with van der Waals surface area (Å²) in [7, 11) is -2.94. The number of benzene rings is 1. The van der Waals surface area contributed by atoms with E-state index in [0.717, 1.165) is 38.7 Å². The first kappa shape index (κ1) is 25.0. The lowest BCUT2D eigenvalue weighted by Gasteiger charge is -2.38. The second-order valence-electron chi connectivity index (χ2n) is 8.02. The number of anilines is 1. The molecule has 0 atom stereocenters. The molecule has 0 spiro atoms. The van der Waals surface area contributed by atoms with E-state index in [2.05, 4.69) is 60.2 Å². The standard InChI is InChI=1S/C20H34N4O2S.HI/c1-5-21-19(22-17-20(2,3)11-16-27(4,25)26)24-14-12-23(13-15-24)18-9-7-6-8-10-18;/h6-10H,5,11-17H2,1-4H3,(H,21,22);1H. The van der Waals surface area contributed by atoms with E-state index in [-0.39, 0.29) is 35.1 Å². The fraction of sp³-hybridized carbons (Fsp3) is 0.650. The first-order valence-corrected chi connectivity index (χ1v) is 11.8. The molecule has 0 bridgehead atoms. The van der Waals surface area contributed by atoms with E-state index in [9.17, 15) is 8.42 Å². The molecule has 0 radical (unpaired) electrons. The molecule has 0 amide bonds. The summed E-state index contributed by atoms with van der Waals surface area (Å²) < 4.78 is 22.9. The molecule has 0 unspecified atom stereocenters. The third kappa shape index (κ3) is 8.55. The summed E-state index contributed by atoms with van der Waals surface area (Å²) in [4.78, 5) is 9.53. The minimum atomic E-state index is -2.94. The van der Waals surface area contributed by atoms with Gasteiger partial charge in [-0.25, -0.2) is 8.42 Å². The Kier molecular flexibility index (Phi) is 10.0. The van der Waals surface area contributed by atoms with Crippen LogP contribution in [0.3, 0.4) is 0 Å². The van der Waals surface area contributed by atoms with Gasteiger partial charge < -0.3 is 15.1 Å². The average molecular weight is 522 g/mol. The van der Waals surface area contributed by atoms with Gasteiger partial charge in [0.25, 0.3) is 0 Å². The molecule has 2 rings (SSSR count). The molecule has 1 aromatic carbocycles. The largest absolute Gasteiger partial charge is 0.368 e. The summed E-state index contributed by atoms with van der Waals surface area (Å²) in [5, 5.41) is 3.39. The van der Waals surface area contributed by atoms with Crippen LogP contribution < -0.4 is 10.2 Å². The van der Waals surface area contributed by atoms with Gasteiger partial charge in [-0.15, -0.1) is 24.0 Å². The first-order valence-electron chi connectivity index (χ1n) is 9.71. The smallest absolute Gasteiger partial charge is 0.194 e. The first-order chi connectivity index (χ1) is 12.7. The van der Waals surface area contributed by atoms with Gasteiger partial charge in [0.15, 0.2) is 5.96 Å². The molecule has 1 heterocycles. The van der Waals surface area contributed by atoms with E-state index in [1.807, 2.05) is 6.07 Å². The van der Waals surface area contributed by atoms with Crippen molar-refractivity contribution in [1.82, 2.24) is 10.2 Å². The Morgan fingerprint density at radius 1 is 1.14 bits per heavy atom. The maximum absolute atomic E-state index is 11.5. The van der Waals surface area contributed by atoms with Gasteiger partial charge in [-0.1, -0.05) is 32.0 Å². The van der Waals surface area contributed by atoms with Crippen molar-refractivity contribution in [2.45, 2.75) is 27.2 Å². The summed E-state index contributed by atoms with van der Waals surface area (Å²) in [6.45, 7) is 11.4. The van der Waals surface area contributed by atoms with Crippen LogP contribution in [0.4, 0.5) is 5.69 Å². The Morgan fingerprint density at radius 2 is 1.75 bits per heavy atom. The van der Waals surface area contributed by atoms with Gasteiger partial charge in [0.2, 0.25) is 0 Å². The zero-order chi connectivity index (χ0) is 19.9. The predicted molar refractivity (Wildman–Crippen MR) is 130 cm³/mol. The van der Waals surface area contributed by atoms with Crippen LogP contribution in [0.25, 0.3) is 0 Å². The number of rotatable bonds is 7. The van der Waals surface area contributed by atoms with Gasteiger partial charge in [-0.3, -0.25) is 4.99 Å². The molecule has 28 heavy (non-hydrogen) atoms. The van der Waals surface area contributed by atoms with Crippen molar-refractivity contribution in [3.63, 3.8) is 0 Å². The minimum Gasteiger partial charge on any atom is -0.368 e. The number of nitrogens with one attached hydrogen (secondary N) is 1. The van der Waals surface area contributed by atoms with Crippen molar-refractivity contribution in [2.24, 2.45) is 10.4 Å². The van der Waals surface area contributed by atoms with Gasteiger partial charge in [-0.2, -0.15) is 0 Å². The van der Waals surface area contributed by atoms with Crippen LogP contribution in [0, 0.1) is 5.41 Å². The number of aliphatic imine (C=N–C) groups is 1. The van der Waals surface area contributed by atoms with Crippen LogP contribution in [0.2, 0.25) is 0 Å². The molecule has 1 fully saturated rings. The van der Waals surface area contributed by atoms with E-state index < -0.39 is 9.84 Å². The molecule has 1 N–H and O–H groups in total. The van der Waals surface area contributed by atoms with E-state index >= 15 is 0 Å². The lowest BCUT2D eigenvalue weighted by atomic mass is 9.90. The van der Waals surface area contributed by atoms with Crippen molar-refractivity contribution in [3.8, 4) is 0 Å². The van der Waals surface area contributed by atoms with Gasteiger partial charge in [0.05, 0.1) is 5.75 Å². The molecule has 6 nitrogen and oxygen atoms in total. The number of nitrogens with zero attached hydrogens (tertiary/aromatic N) is 3. The van der Waals surface area contributed by atoms with Crippen molar-refractivity contribution in [1.29, 1.82) is 0 Å². The minimum absolute atomic E-state index is 0. The molecular weight excluding hydrogens is 487 g/mol. The number of guanidine groups is 1. The Morgan fingerprint density at radius 3 is 2.29 bits per heavy atom. The summed E-state index contributed by atoms with van der Waals surface area (Å²) >= 11 is 0. The average Bonchev–Trinajstić information content (AvgIpc) is 2.64. The van der Waals surface area contributed by atoms with Gasteiger partial charge in [-0.05, 0) is 30.9 Å². The third-order valence-corrected chi connectivity index (χ3v) is 5.79. The maximum atomic E-state index is 11.5. The maximum Gasteiger partial charge on any atom is 0.194 e. The predicted octanol–water partition coefficient (Wildman–Crippen LogP) is 2.85. The van der Waals surface area contributed by atoms with Crippen molar-refractivity contribution >= 4 is 45.5 Å². The Hall–Kier alpha value is -1.03. The van der Waals surface area contributed by atoms with Gasteiger partial charge in [0.1, 0.15) is 9.84 Å². The lowest BCUT2D eigenvalue weighted by Crippen LogP contribution is -2.52. The Balaban J connectivity index is 0.00000392. The molecule has 160 valence electrons. The number of piperazine rings is 1. The highest BCUT2D eigenvalue weighted by molar-refractivity contribution is 14.0. The fourth-order valence-corrected chi connectivity index (χ4v) is 3.99. The summed E-state index contributed by atoms with van der Waals surface area (Å²) in [6.07, 6.45) is 1.92. The topological polar surface area (TPSA) is 65.0 Å². The van der Waals surface area contributed by atoms with Crippen LogP contribution in [0.5, 0.6) is 0 Å². The zero-order valence-corrected chi connectivity index (χ0v) is 20.7. The fourth-order valence-electron chi connectivity index (χ4n) is 3.07. The van der Waals surface area contributed by atoms with E-state index in [0.29, 0.717) is 13.0 Å². The van der Waals surface area contributed by atoms with E-state index in [4.69, 9.17) is 4.99 Å². The highest BCUT2D eigenvalue weighted by atomic mass is 127. The SMILES string of the molecule is CCNC(=NCC(C)(C)CCS(C)(=O)=O)N1CCN(c2ccccc2)CC1.I. The summed E-state index contributed by atoms with van der Waals surface area (Å²) in [5.41, 5.74) is 1.12.